The molecule has 4 nitrogen and oxygen atoms in total. The smallest absolute Gasteiger partial charge is 0.416 e. The molecule has 0 fully saturated rings. The first-order valence-electron chi connectivity index (χ1n) is 9.24. The highest BCUT2D eigenvalue weighted by Crippen LogP contribution is 2.32. The molecule has 1 N–H and O–H groups in total. The minimum absolute atomic E-state index is 0.407. The van der Waals surface area contributed by atoms with Gasteiger partial charge in [-0.3, -0.25) is 0 Å². The molecule has 0 unspecified atom stereocenters. The molecule has 3 aromatic rings. The molecule has 0 amide bonds. The van der Waals surface area contributed by atoms with Crippen LogP contribution in [0.15, 0.2) is 76.2 Å². The number of alkyl halides is 3. The van der Waals surface area contributed by atoms with Crippen LogP contribution in [0.2, 0.25) is 0 Å². The van der Waals surface area contributed by atoms with Crippen molar-refractivity contribution < 1.29 is 32.2 Å². The maximum atomic E-state index is 12.9. The molecule has 0 radical (unpaired) electrons. The van der Waals surface area contributed by atoms with Crippen LogP contribution in [0.3, 0.4) is 0 Å². The number of hydrogen-bond donors (Lipinski definition) is 1. The van der Waals surface area contributed by atoms with Crippen LogP contribution in [0.25, 0.3) is 5.57 Å². The Morgan fingerprint density at radius 3 is 2.48 bits per heavy atom. The molecular formula is C23H19F3O4S. The Balaban J connectivity index is 1.75. The van der Waals surface area contributed by atoms with Crippen molar-refractivity contribution >= 4 is 23.3 Å². The summed E-state index contributed by atoms with van der Waals surface area (Å²) in [4.78, 5) is 11.6. The summed E-state index contributed by atoms with van der Waals surface area (Å²) >= 11 is 1.53. The number of ether oxygens (including phenoxy) is 1. The number of aliphatic carboxylic acids is 1. The van der Waals surface area contributed by atoms with Crippen LogP contribution in [0.1, 0.15) is 22.5 Å². The van der Waals surface area contributed by atoms with Crippen LogP contribution in [0.4, 0.5) is 13.2 Å². The van der Waals surface area contributed by atoms with Gasteiger partial charge in [0, 0.05) is 16.2 Å². The van der Waals surface area contributed by atoms with Crippen molar-refractivity contribution in [2.45, 2.75) is 18.0 Å². The predicted molar refractivity (Wildman–Crippen MR) is 112 cm³/mol. The highest BCUT2D eigenvalue weighted by Gasteiger charge is 2.30. The van der Waals surface area contributed by atoms with Crippen molar-refractivity contribution in [3.05, 3.63) is 89.4 Å². The Labute approximate surface area is 181 Å². The normalized spacial score (nSPS) is 12.1. The molecule has 0 atom stereocenters. The Morgan fingerprint density at radius 1 is 1.16 bits per heavy atom. The monoisotopic (exact) mass is 448 g/mol. The molecule has 0 saturated heterocycles. The minimum atomic E-state index is -4.39. The second kappa shape index (κ2) is 9.78. The highest BCUT2D eigenvalue weighted by atomic mass is 32.2. The van der Waals surface area contributed by atoms with E-state index in [4.69, 9.17) is 14.3 Å². The van der Waals surface area contributed by atoms with E-state index in [1.165, 1.54) is 30.2 Å². The van der Waals surface area contributed by atoms with Crippen LogP contribution in [0, 0.1) is 6.92 Å². The molecule has 1 heterocycles. The highest BCUT2D eigenvalue weighted by molar-refractivity contribution is 7.99. The van der Waals surface area contributed by atoms with E-state index in [0.717, 1.165) is 22.6 Å². The van der Waals surface area contributed by atoms with Gasteiger partial charge in [0.2, 0.25) is 0 Å². The lowest BCUT2D eigenvalue weighted by molar-refractivity contribution is -0.139. The van der Waals surface area contributed by atoms with E-state index in [1.54, 1.807) is 18.2 Å². The first kappa shape index (κ1) is 22.6. The quantitative estimate of drug-likeness (QED) is 0.410. The van der Waals surface area contributed by atoms with Crippen LogP contribution in [0.5, 0.6) is 5.75 Å². The summed E-state index contributed by atoms with van der Waals surface area (Å²) < 4.78 is 49.3. The maximum absolute atomic E-state index is 12.9. The summed E-state index contributed by atoms with van der Waals surface area (Å²) in [5.74, 6) is 0.570. The summed E-state index contributed by atoms with van der Waals surface area (Å²) in [6.07, 6.45) is -0.975. The van der Waals surface area contributed by atoms with Gasteiger partial charge in [0.25, 0.3) is 0 Å². The molecule has 1 aromatic heterocycles. The van der Waals surface area contributed by atoms with Crippen LogP contribution in [-0.4, -0.2) is 23.4 Å². The number of halogens is 3. The Morgan fingerprint density at radius 2 is 1.90 bits per heavy atom. The third kappa shape index (κ3) is 6.18. The molecule has 0 spiro atoms. The van der Waals surface area contributed by atoms with Crippen molar-refractivity contribution in [1.29, 1.82) is 0 Å². The molecule has 0 saturated carbocycles. The minimum Gasteiger partial charge on any atom is -0.482 e. The lowest BCUT2D eigenvalue weighted by Crippen LogP contribution is -2.09. The van der Waals surface area contributed by atoms with Gasteiger partial charge in [-0.25, -0.2) is 4.79 Å². The largest absolute Gasteiger partial charge is 0.482 e. The summed E-state index contributed by atoms with van der Waals surface area (Å²) in [5, 5.41) is 8.72. The van der Waals surface area contributed by atoms with Gasteiger partial charge < -0.3 is 14.3 Å². The van der Waals surface area contributed by atoms with Gasteiger partial charge in [-0.05, 0) is 60.5 Å². The lowest BCUT2D eigenvalue weighted by atomic mass is 10.0. The number of carbonyl (C=O) groups is 1. The van der Waals surface area contributed by atoms with E-state index in [1.807, 2.05) is 25.1 Å². The fraction of sp³-hybridized carbons (Fsp3) is 0.174. The Bertz CT molecular complexity index is 1060. The van der Waals surface area contributed by atoms with Crippen molar-refractivity contribution in [2.24, 2.45) is 0 Å². The molecule has 2 aromatic carbocycles. The third-order valence-electron chi connectivity index (χ3n) is 4.34. The molecule has 3 rings (SSSR count). The zero-order valence-corrected chi connectivity index (χ0v) is 17.3. The van der Waals surface area contributed by atoms with Gasteiger partial charge in [-0.15, -0.1) is 11.8 Å². The summed E-state index contributed by atoms with van der Waals surface area (Å²) in [6, 6.07) is 13.9. The van der Waals surface area contributed by atoms with Crippen molar-refractivity contribution in [3.8, 4) is 5.75 Å². The van der Waals surface area contributed by atoms with Crippen LogP contribution < -0.4 is 4.74 Å². The van der Waals surface area contributed by atoms with E-state index in [-0.39, 0.29) is 0 Å². The standard InChI is InChI=1S/C23H19F3O4S/c1-15-13-18(8-9-20(15)30-14-22(27)28)31-12-10-19(21-3-2-11-29-21)16-4-6-17(7-5-16)23(24,25)26/h2-11,13H,12,14H2,1H3,(H,27,28)/b19-10+. The number of rotatable bonds is 8. The second-order valence-electron chi connectivity index (χ2n) is 6.59. The maximum Gasteiger partial charge on any atom is 0.416 e. The first-order valence-corrected chi connectivity index (χ1v) is 10.2. The zero-order valence-electron chi connectivity index (χ0n) is 16.5. The van der Waals surface area contributed by atoms with Gasteiger partial charge in [0.15, 0.2) is 6.61 Å². The number of aryl methyl sites for hydroxylation is 1. The average Bonchev–Trinajstić information content (AvgIpc) is 3.24. The number of thioether (sulfide) groups is 1. The van der Waals surface area contributed by atoms with Crippen molar-refractivity contribution in [1.82, 2.24) is 0 Å². The van der Waals surface area contributed by atoms with Gasteiger partial charge in [0.1, 0.15) is 11.5 Å². The van der Waals surface area contributed by atoms with Gasteiger partial charge in [-0.2, -0.15) is 13.2 Å². The zero-order chi connectivity index (χ0) is 22.4. The molecule has 0 bridgehead atoms. The average molecular weight is 448 g/mol. The number of carboxylic acids is 1. The van der Waals surface area contributed by atoms with E-state index >= 15 is 0 Å². The van der Waals surface area contributed by atoms with Gasteiger partial charge in [0.05, 0.1) is 11.8 Å². The Kier molecular flexibility index (Phi) is 7.12. The Hall–Kier alpha value is -3.13. The molecule has 0 aliphatic rings. The van der Waals surface area contributed by atoms with E-state index in [9.17, 15) is 18.0 Å². The molecule has 162 valence electrons. The number of benzene rings is 2. The van der Waals surface area contributed by atoms with Crippen LogP contribution in [-0.2, 0) is 11.0 Å². The summed E-state index contributed by atoms with van der Waals surface area (Å²) in [6.45, 7) is 1.42. The van der Waals surface area contributed by atoms with Crippen LogP contribution >= 0.6 is 11.8 Å². The first-order chi connectivity index (χ1) is 14.7. The molecule has 31 heavy (non-hydrogen) atoms. The third-order valence-corrected chi connectivity index (χ3v) is 5.27. The summed E-state index contributed by atoms with van der Waals surface area (Å²) in [7, 11) is 0. The number of furan rings is 1. The molecule has 8 heteroatoms. The predicted octanol–water partition coefficient (Wildman–Crippen LogP) is 6.29. The second-order valence-corrected chi connectivity index (χ2v) is 7.68. The van der Waals surface area contributed by atoms with Gasteiger partial charge >= 0.3 is 12.1 Å². The summed E-state index contributed by atoms with van der Waals surface area (Å²) in [5.41, 5.74) is 1.43. The number of hydrogen-bond acceptors (Lipinski definition) is 4. The van der Waals surface area contributed by atoms with Gasteiger partial charge in [-0.1, -0.05) is 18.2 Å². The van der Waals surface area contributed by atoms with E-state index < -0.39 is 24.3 Å². The fourth-order valence-corrected chi connectivity index (χ4v) is 3.73. The van der Waals surface area contributed by atoms with Crippen molar-refractivity contribution in [2.75, 3.05) is 12.4 Å². The number of carboxylic acid groups (broad SMARTS) is 1. The topological polar surface area (TPSA) is 59.7 Å². The van der Waals surface area contributed by atoms with Crippen molar-refractivity contribution in [3.63, 3.8) is 0 Å². The molecular weight excluding hydrogens is 429 g/mol. The molecule has 0 aliphatic heterocycles. The molecule has 0 aliphatic carbocycles. The van der Waals surface area contributed by atoms with E-state index in [0.29, 0.717) is 28.4 Å². The lowest BCUT2D eigenvalue weighted by Gasteiger charge is -2.10. The SMILES string of the molecule is Cc1cc(SC/C=C(\c2ccc(C(F)(F)F)cc2)c2ccco2)ccc1OCC(=O)O. The fourth-order valence-electron chi connectivity index (χ4n) is 2.87. The van der Waals surface area contributed by atoms with E-state index in [2.05, 4.69) is 0 Å².